The fourth-order valence-corrected chi connectivity index (χ4v) is 7.62. The number of nitrogens with zero attached hydrogens (tertiary/aromatic N) is 2. The second kappa shape index (κ2) is 13.0. The molecule has 12 nitrogen and oxygen atoms in total. The van der Waals surface area contributed by atoms with Gasteiger partial charge in [-0.2, -0.15) is 0 Å². The summed E-state index contributed by atoms with van der Waals surface area (Å²) in [7, 11) is -0.541. The summed E-state index contributed by atoms with van der Waals surface area (Å²) >= 11 is 0. The van der Waals surface area contributed by atoms with Gasteiger partial charge < -0.3 is 25.7 Å². The lowest BCUT2D eigenvalue weighted by atomic mass is 9.43. The van der Waals surface area contributed by atoms with Gasteiger partial charge in [0.15, 0.2) is 10.8 Å². The molecule has 7 atom stereocenters. The van der Waals surface area contributed by atoms with Gasteiger partial charge in [-0.15, -0.1) is 0 Å². The zero-order valence-electron chi connectivity index (χ0n) is 25.3. The molecule has 2 bridgehead atoms. The topological polar surface area (TPSA) is 170 Å². The lowest BCUT2D eigenvalue weighted by Gasteiger charge is -2.64. The van der Waals surface area contributed by atoms with Crippen LogP contribution in [0.4, 0.5) is 0 Å². The van der Waals surface area contributed by atoms with E-state index in [9.17, 15) is 19.7 Å². The molecule has 0 aromatic carbocycles. The van der Waals surface area contributed by atoms with Crippen LogP contribution >= 0.6 is 0 Å². The Labute approximate surface area is 244 Å². The van der Waals surface area contributed by atoms with E-state index in [1.54, 1.807) is 0 Å². The van der Waals surface area contributed by atoms with Crippen LogP contribution in [0.1, 0.15) is 92.4 Å². The van der Waals surface area contributed by atoms with Crippen LogP contribution in [0.5, 0.6) is 0 Å². The Hall–Kier alpha value is -2.25. The van der Waals surface area contributed by atoms with Crippen LogP contribution in [0.3, 0.4) is 0 Å². The molecule has 230 valence electrons. The average Bonchev–Trinajstić information content (AvgIpc) is 3.26. The summed E-state index contributed by atoms with van der Waals surface area (Å²) in [6, 6.07) is -0.233. The van der Waals surface area contributed by atoms with E-state index in [2.05, 4.69) is 50.2 Å². The molecule has 1 amide bonds. The third kappa shape index (κ3) is 7.22. The predicted octanol–water partition coefficient (Wildman–Crippen LogP) is 2.38. The highest BCUT2D eigenvalue weighted by Crippen LogP contribution is 2.65. The molecule has 2 heterocycles. The highest BCUT2D eigenvalue weighted by Gasteiger charge is 2.68. The second-order valence-corrected chi connectivity index (χ2v) is 13.7. The number of hydrogen-bond acceptors (Lipinski definition) is 8. The average molecular weight is 577 g/mol. The Balaban J connectivity index is 1.43. The second-order valence-electron chi connectivity index (χ2n) is 13.7. The molecule has 3 aliphatic carbocycles. The summed E-state index contributed by atoms with van der Waals surface area (Å²) < 4.78 is 13.2. The van der Waals surface area contributed by atoms with Crippen molar-refractivity contribution in [3.8, 4) is 0 Å². The van der Waals surface area contributed by atoms with Crippen molar-refractivity contribution >= 4 is 24.8 Å². The molecule has 5 rings (SSSR count). The molecule has 0 aromatic rings. The fraction of sp³-hybridized carbons (Fsp3) is 0.893. The maximum absolute atomic E-state index is 13.8. The van der Waals surface area contributed by atoms with E-state index in [4.69, 9.17) is 15.0 Å². The Morgan fingerprint density at radius 1 is 1.24 bits per heavy atom. The van der Waals surface area contributed by atoms with Gasteiger partial charge in [0.25, 0.3) is 5.96 Å². The van der Waals surface area contributed by atoms with Crippen molar-refractivity contribution in [3.63, 3.8) is 0 Å². The van der Waals surface area contributed by atoms with Gasteiger partial charge >= 0.3 is 7.12 Å². The Morgan fingerprint density at radius 2 is 2.00 bits per heavy atom. The highest BCUT2D eigenvalue weighted by molar-refractivity contribution is 6.47. The number of nitrogens with two attached hydrogens (primary N) is 1. The lowest BCUT2D eigenvalue weighted by Crippen LogP contribution is -2.65. The maximum atomic E-state index is 13.8. The minimum atomic E-state index is -0.770. The third-order valence-corrected chi connectivity index (χ3v) is 10.1. The molecule has 13 heteroatoms. The van der Waals surface area contributed by atoms with Crippen molar-refractivity contribution in [2.24, 2.45) is 39.8 Å². The largest absolute Gasteiger partial charge is 0.481 e. The number of ketones is 1. The zero-order valence-corrected chi connectivity index (χ0v) is 25.3. The highest BCUT2D eigenvalue weighted by atomic mass is 16.7. The first-order valence-electron chi connectivity index (χ1n) is 15.4. The van der Waals surface area contributed by atoms with Crippen molar-refractivity contribution in [2.45, 2.75) is 116 Å². The van der Waals surface area contributed by atoms with Gasteiger partial charge in [0.2, 0.25) is 5.91 Å². The molecule has 5 aliphatic rings. The van der Waals surface area contributed by atoms with Crippen LogP contribution in [0.15, 0.2) is 4.99 Å². The first kappa shape index (κ1) is 31.7. The molecule has 41 heavy (non-hydrogen) atoms. The van der Waals surface area contributed by atoms with Gasteiger partial charge in [-0.05, 0) is 81.6 Å². The Bertz CT molecular complexity index is 1000. The van der Waals surface area contributed by atoms with E-state index in [0.717, 1.165) is 38.6 Å². The number of aliphatic imine (C=N–C) groups is 1. The van der Waals surface area contributed by atoms with Crippen molar-refractivity contribution in [3.05, 3.63) is 10.1 Å². The number of nitro groups is 1. The van der Waals surface area contributed by atoms with Gasteiger partial charge in [-0.3, -0.25) is 9.59 Å². The number of rotatable bonds is 13. The van der Waals surface area contributed by atoms with E-state index in [1.807, 2.05) is 5.43 Å². The Morgan fingerprint density at radius 3 is 2.63 bits per heavy atom. The summed E-state index contributed by atoms with van der Waals surface area (Å²) in [5.74, 6) is 0.0000640. The lowest BCUT2D eigenvalue weighted by molar-refractivity contribution is -0.525. The SMILES string of the molecule is CC(C)C[C@H](NC(=O)[C@H](CCCN=C(N)N[N+](=O)[O-])CC(=O)[C@@H]1CCCCN1)B1O[C@@H]2C[C@H]3C[C@H](C3(C)C)[C@]2(C)O1. The normalized spacial score (nSPS) is 32.0. The predicted molar refractivity (Wildman–Crippen MR) is 156 cm³/mol. The molecule has 0 spiro atoms. The van der Waals surface area contributed by atoms with Gasteiger partial charge in [0, 0.05) is 18.9 Å². The van der Waals surface area contributed by atoms with Gasteiger partial charge in [0.05, 0.1) is 23.7 Å². The number of hydrazine groups is 1. The molecule has 2 aliphatic heterocycles. The van der Waals surface area contributed by atoms with Crippen molar-refractivity contribution in [2.75, 3.05) is 13.1 Å². The number of Topliss-reactive ketones (excluding diaryl/α,β-unsaturated/α-hetero) is 1. The molecular formula is C28H49BN6O6. The van der Waals surface area contributed by atoms with Crippen molar-refractivity contribution < 1.29 is 23.9 Å². The molecule has 0 unspecified atom stereocenters. The van der Waals surface area contributed by atoms with Gasteiger partial charge in [-0.25, -0.2) is 15.1 Å². The van der Waals surface area contributed by atoms with Gasteiger partial charge in [-0.1, -0.05) is 39.5 Å². The minimum Gasteiger partial charge on any atom is -0.404 e. The van der Waals surface area contributed by atoms with Crippen molar-refractivity contribution in [1.29, 1.82) is 0 Å². The van der Waals surface area contributed by atoms with Crippen LogP contribution in [0.25, 0.3) is 0 Å². The van der Waals surface area contributed by atoms with E-state index in [-0.39, 0.29) is 59.7 Å². The number of guanidine groups is 1. The smallest absolute Gasteiger partial charge is 0.404 e. The van der Waals surface area contributed by atoms with E-state index >= 15 is 0 Å². The van der Waals surface area contributed by atoms with Crippen LogP contribution in [-0.4, -0.2) is 66.6 Å². The van der Waals surface area contributed by atoms with Crippen molar-refractivity contribution in [1.82, 2.24) is 16.1 Å². The van der Waals surface area contributed by atoms with Crippen LogP contribution in [-0.2, 0) is 18.9 Å². The maximum Gasteiger partial charge on any atom is 0.481 e. The molecule has 0 aromatic heterocycles. The summed E-state index contributed by atoms with van der Waals surface area (Å²) in [6.07, 6.45) is 6.61. The van der Waals surface area contributed by atoms with Gasteiger partial charge in [0.1, 0.15) is 0 Å². The standard InChI is InChI=1S/C28H49BN6O6/c1-17(2)13-24(29-40-23-16-19-15-22(27(19,3)4)28(23,5)41-29)33-25(37)18(9-8-12-32-26(30)34-35(38)39)14-21(36)20-10-6-7-11-31-20/h17-20,22-24,31H,6-16H2,1-5H3,(H,33,37)(H3,30,32,34)/t18-,19-,20+,22-,23-,24+,28+/m1/s1. The molecule has 5 fully saturated rings. The summed E-state index contributed by atoms with van der Waals surface area (Å²) in [6.45, 7) is 12.0. The molecule has 0 radical (unpaired) electrons. The molecular weight excluding hydrogens is 527 g/mol. The number of carbonyl (C=O) groups excluding carboxylic acids is 2. The number of amides is 1. The third-order valence-electron chi connectivity index (χ3n) is 10.1. The van der Waals surface area contributed by atoms with Crippen LogP contribution in [0.2, 0.25) is 0 Å². The van der Waals surface area contributed by atoms with E-state index in [0.29, 0.717) is 37.0 Å². The van der Waals surface area contributed by atoms with Crippen LogP contribution in [0, 0.1) is 39.2 Å². The number of carbonyl (C=O) groups is 2. The van der Waals surface area contributed by atoms with E-state index in [1.165, 1.54) is 0 Å². The summed E-state index contributed by atoms with van der Waals surface area (Å²) in [5, 5.41) is 16.3. The number of hydrogen-bond donors (Lipinski definition) is 4. The molecule has 2 saturated heterocycles. The number of nitrogens with one attached hydrogen (secondary N) is 3. The van der Waals surface area contributed by atoms with Crippen LogP contribution < -0.4 is 21.8 Å². The monoisotopic (exact) mass is 576 g/mol. The number of piperidine rings is 1. The quantitative estimate of drug-likeness (QED) is 0.0642. The first-order chi connectivity index (χ1) is 19.3. The van der Waals surface area contributed by atoms with E-state index < -0.39 is 18.1 Å². The minimum absolute atomic E-state index is 0.0154. The first-order valence-corrected chi connectivity index (χ1v) is 15.4. The zero-order chi connectivity index (χ0) is 29.9. The fourth-order valence-electron chi connectivity index (χ4n) is 7.62. The summed E-state index contributed by atoms with van der Waals surface area (Å²) in [5.41, 5.74) is 7.20. The molecule has 3 saturated carbocycles. The summed E-state index contributed by atoms with van der Waals surface area (Å²) in [4.78, 5) is 41.5. The Kier molecular flexibility index (Phi) is 10.0. The molecule has 5 N–H and O–H groups in total.